The van der Waals surface area contributed by atoms with Crippen LogP contribution in [0, 0.1) is 0 Å². The summed E-state index contributed by atoms with van der Waals surface area (Å²) in [5, 5.41) is 0. The van der Waals surface area contributed by atoms with E-state index in [4.69, 9.17) is 0 Å². The number of hydrogen-bond donors (Lipinski definition) is 0. The van der Waals surface area contributed by atoms with E-state index in [0.29, 0.717) is 11.5 Å². The highest BCUT2D eigenvalue weighted by atomic mass is 32.2. The molecule has 0 radical (unpaired) electrons. The van der Waals surface area contributed by atoms with Crippen LogP contribution in [0.2, 0.25) is 0 Å². The minimum Gasteiger partial charge on any atom is -0.229 e. The third kappa shape index (κ3) is 18.1. The Labute approximate surface area is 146 Å². The van der Waals surface area contributed by atoms with Crippen molar-refractivity contribution in [2.45, 2.75) is 117 Å². The van der Waals surface area contributed by atoms with Crippen LogP contribution in [-0.2, 0) is 9.84 Å². The van der Waals surface area contributed by atoms with Crippen LogP contribution in [0.5, 0.6) is 0 Å². The molecule has 0 aromatic heterocycles. The Kier molecular flexibility index (Phi) is 16.8. The van der Waals surface area contributed by atoms with Gasteiger partial charge in [0.05, 0.1) is 5.75 Å². The van der Waals surface area contributed by atoms with Crippen LogP contribution in [0.3, 0.4) is 0 Å². The summed E-state index contributed by atoms with van der Waals surface area (Å²) in [6, 6.07) is 0. The normalized spacial score (nSPS) is 11.9. The molecule has 3 heteroatoms. The van der Waals surface area contributed by atoms with E-state index in [1.54, 1.807) is 6.92 Å². The van der Waals surface area contributed by atoms with Gasteiger partial charge < -0.3 is 0 Å². The molecule has 0 bridgehead atoms. The van der Waals surface area contributed by atoms with Gasteiger partial charge in [-0.2, -0.15) is 0 Å². The van der Waals surface area contributed by atoms with Crippen molar-refractivity contribution in [3.05, 3.63) is 0 Å². The molecule has 0 saturated carbocycles. The molecule has 2 nitrogen and oxygen atoms in total. The van der Waals surface area contributed by atoms with Crippen molar-refractivity contribution in [1.29, 1.82) is 0 Å². The Bertz CT molecular complexity index is 323. The average Bonchev–Trinajstić information content (AvgIpc) is 2.54. The lowest BCUT2D eigenvalue weighted by Gasteiger charge is -2.04. The topological polar surface area (TPSA) is 34.1 Å². The average molecular weight is 347 g/mol. The van der Waals surface area contributed by atoms with Crippen LogP contribution in [-0.4, -0.2) is 19.9 Å². The Morgan fingerprint density at radius 3 is 1.09 bits per heavy atom. The van der Waals surface area contributed by atoms with Gasteiger partial charge in [0.1, 0.15) is 9.84 Å². The number of unbranched alkanes of at least 4 members (excludes halogenated alkanes) is 15. The molecule has 0 aromatic rings. The predicted octanol–water partition coefficient (Wildman–Crippen LogP) is 6.68. The molecule has 0 amide bonds. The summed E-state index contributed by atoms with van der Waals surface area (Å²) in [6.07, 6.45) is 21.3. The molecular formula is C20H42O2S. The molecular weight excluding hydrogens is 304 g/mol. The number of rotatable bonds is 18. The van der Waals surface area contributed by atoms with Gasteiger partial charge in [0.2, 0.25) is 0 Å². The summed E-state index contributed by atoms with van der Waals surface area (Å²) >= 11 is 0. The highest BCUT2D eigenvalue weighted by molar-refractivity contribution is 7.91. The molecule has 140 valence electrons. The molecule has 0 aliphatic carbocycles. The van der Waals surface area contributed by atoms with Crippen molar-refractivity contribution in [2.75, 3.05) is 11.5 Å². The van der Waals surface area contributed by atoms with Gasteiger partial charge in [-0.05, 0) is 6.42 Å². The van der Waals surface area contributed by atoms with Crippen molar-refractivity contribution >= 4 is 9.84 Å². The molecule has 0 aliphatic heterocycles. The van der Waals surface area contributed by atoms with Crippen LogP contribution >= 0.6 is 0 Å². The Morgan fingerprint density at radius 1 is 0.478 bits per heavy atom. The number of sulfone groups is 1. The second-order valence-electron chi connectivity index (χ2n) is 7.04. The fourth-order valence-corrected chi connectivity index (χ4v) is 3.95. The van der Waals surface area contributed by atoms with Crippen molar-refractivity contribution in [3.63, 3.8) is 0 Å². The van der Waals surface area contributed by atoms with Gasteiger partial charge in [0.25, 0.3) is 0 Å². The van der Waals surface area contributed by atoms with Crippen molar-refractivity contribution < 1.29 is 8.42 Å². The van der Waals surface area contributed by atoms with Crippen molar-refractivity contribution in [2.24, 2.45) is 0 Å². The second kappa shape index (κ2) is 16.8. The Hall–Kier alpha value is -0.0500. The molecule has 0 heterocycles. The summed E-state index contributed by atoms with van der Waals surface area (Å²) in [5.41, 5.74) is 0. The van der Waals surface area contributed by atoms with Crippen LogP contribution in [0.4, 0.5) is 0 Å². The molecule has 0 rings (SSSR count). The van der Waals surface area contributed by atoms with Crippen LogP contribution < -0.4 is 0 Å². The monoisotopic (exact) mass is 346 g/mol. The van der Waals surface area contributed by atoms with Gasteiger partial charge in [-0.15, -0.1) is 0 Å². The van der Waals surface area contributed by atoms with E-state index in [1.807, 2.05) is 0 Å². The fourth-order valence-electron chi connectivity index (χ4n) is 3.01. The van der Waals surface area contributed by atoms with Crippen LogP contribution in [0.1, 0.15) is 117 Å². The molecule has 0 aliphatic rings. The first-order valence-corrected chi connectivity index (χ1v) is 12.1. The minimum absolute atomic E-state index is 0.297. The summed E-state index contributed by atoms with van der Waals surface area (Å²) in [7, 11) is -2.74. The Morgan fingerprint density at radius 2 is 0.783 bits per heavy atom. The Balaban J connectivity index is 3.08. The first-order chi connectivity index (χ1) is 11.1. The van der Waals surface area contributed by atoms with Crippen LogP contribution in [0.15, 0.2) is 0 Å². The zero-order chi connectivity index (χ0) is 17.2. The SMILES string of the molecule is CCCCCCCCCCCCCCCCCCS(=O)(=O)CC. The number of hydrogen-bond acceptors (Lipinski definition) is 2. The largest absolute Gasteiger partial charge is 0.229 e. The van der Waals surface area contributed by atoms with Gasteiger partial charge in [0.15, 0.2) is 0 Å². The fraction of sp³-hybridized carbons (Fsp3) is 1.00. The summed E-state index contributed by atoms with van der Waals surface area (Å²) in [4.78, 5) is 0. The summed E-state index contributed by atoms with van der Waals surface area (Å²) in [6.45, 7) is 4.01. The van der Waals surface area contributed by atoms with E-state index < -0.39 is 9.84 Å². The van der Waals surface area contributed by atoms with Crippen molar-refractivity contribution in [3.8, 4) is 0 Å². The molecule has 0 N–H and O–H groups in total. The second-order valence-corrected chi connectivity index (χ2v) is 9.51. The maximum absolute atomic E-state index is 11.3. The molecule has 23 heavy (non-hydrogen) atoms. The molecule has 0 unspecified atom stereocenters. The lowest BCUT2D eigenvalue weighted by molar-refractivity contribution is 0.531. The van der Waals surface area contributed by atoms with E-state index >= 15 is 0 Å². The summed E-state index contributed by atoms with van der Waals surface area (Å²) < 4.78 is 22.7. The lowest BCUT2D eigenvalue weighted by atomic mass is 10.0. The summed E-state index contributed by atoms with van der Waals surface area (Å²) in [5.74, 6) is 0.688. The maximum atomic E-state index is 11.3. The van der Waals surface area contributed by atoms with E-state index in [9.17, 15) is 8.42 Å². The highest BCUT2D eigenvalue weighted by Crippen LogP contribution is 2.13. The quantitative estimate of drug-likeness (QED) is 0.259. The minimum atomic E-state index is -2.74. The highest BCUT2D eigenvalue weighted by Gasteiger charge is 2.05. The smallest absolute Gasteiger partial charge is 0.150 e. The maximum Gasteiger partial charge on any atom is 0.150 e. The first kappa shape index (κ1) is 22.9. The van der Waals surface area contributed by atoms with E-state index in [0.717, 1.165) is 12.8 Å². The van der Waals surface area contributed by atoms with Gasteiger partial charge >= 0.3 is 0 Å². The zero-order valence-electron chi connectivity index (χ0n) is 16.0. The van der Waals surface area contributed by atoms with Gasteiger partial charge in [0, 0.05) is 5.75 Å². The molecule has 0 atom stereocenters. The standard InChI is InChI=1S/C20H42O2S/c1-3-5-6-7-8-9-10-11-12-13-14-15-16-17-18-19-20-23(21,22)4-2/h3-20H2,1-2H3. The van der Waals surface area contributed by atoms with E-state index in [1.165, 1.54) is 89.9 Å². The van der Waals surface area contributed by atoms with Gasteiger partial charge in [-0.25, -0.2) is 8.42 Å². The molecule has 0 spiro atoms. The predicted molar refractivity (Wildman–Crippen MR) is 104 cm³/mol. The third-order valence-corrected chi connectivity index (χ3v) is 6.54. The lowest BCUT2D eigenvalue weighted by Crippen LogP contribution is -2.08. The first-order valence-electron chi connectivity index (χ1n) is 10.3. The van der Waals surface area contributed by atoms with Crippen molar-refractivity contribution in [1.82, 2.24) is 0 Å². The van der Waals surface area contributed by atoms with E-state index in [2.05, 4.69) is 6.92 Å². The molecule has 0 saturated heterocycles. The molecule has 0 aromatic carbocycles. The van der Waals surface area contributed by atoms with Crippen LogP contribution in [0.25, 0.3) is 0 Å². The van der Waals surface area contributed by atoms with Gasteiger partial charge in [-0.1, -0.05) is 110 Å². The van der Waals surface area contributed by atoms with E-state index in [-0.39, 0.29) is 0 Å². The molecule has 0 fully saturated rings. The zero-order valence-corrected chi connectivity index (χ0v) is 16.8. The third-order valence-electron chi connectivity index (χ3n) is 4.75. The van der Waals surface area contributed by atoms with Gasteiger partial charge in [-0.3, -0.25) is 0 Å².